The Labute approximate surface area is 123 Å². The van der Waals surface area contributed by atoms with Crippen LogP contribution in [0.5, 0.6) is 0 Å². The van der Waals surface area contributed by atoms with Crippen LogP contribution in [0.1, 0.15) is 11.1 Å². The van der Waals surface area contributed by atoms with Crippen molar-refractivity contribution in [1.82, 2.24) is 0 Å². The minimum Gasteiger partial charge on any atom is -0.205 e. The Morgan fingerprint density at radius 1 is 0.609 bits per heavy atom. The molecule has 2 aromatic rings. The van der Waals surface area contributed by atoms with Gasteiger partial charge < -0.3 is 0 Å². The Kier molecular flexibility index (Phi) is 3.98. The quantitative estimate of drug-likeness (QED) is 0.449. The average Bonchev–Trinajstić information content (AvgIpc) is 2.53. The van der Waals surface area contributed by atoms with Gasteiger partial charge >= 0.3 is 0 Å². The van der Waals surface area contributed by atoms with Crippen LogP contribution in [0, 0.1) is 63.4 Å². The van der Waals surface area contributed by atoms with Gasteiger partial charge in [0.1, 0.15) is 23.3 Å². The summed E-state index contributed by atoms with van der Waals surface area (Å²) in [6.07, 6.45) is 0. The molecule has 0 radical (unpaired) electrons. The van der Waals surface area contributed by atoms with Gasteiger partial charge in [0.15, 0.2) is 40.7 Å². The molecule has 0 saturated carbocycles. The van der Waals surface area contributed by atoms with E-state index in [9.17, 15) is 30.7 Å². The minimum absolute atomic E-state index is 0.0954. The lowest BCUT2D eigenvalue weighted by molar-refractivity contribution is 0.409. The average molecular weight is 330 g/mol. The molecule has 0 bridgehead atoms. The van der Waals surface area contributed by atoms with Gasteiger partial charge in [0.25, 0.3) is 0 Å². The molecule has 2 nitrogen and oxygen atoms in total. The second-order valence-electron chi connectivity index (χ2n) is 4.14. The van der Waals surface area contributed by atoms with Gasteiger partial charge in [-0.1, -0.05) is 0 Å². The molecule has 0 aliphatic carbocycles. The monoisotopic (exact) mass is 330 g/mol. The molecule has 23 heavy (non-hydrogen) atoms. The maximum absolute atomic E-state index is 14.1. The van der Waals surface area contributed by atoms with Crippen molar-refractivity contribution in [3.63, 3.8) is 0 Å². The molecule has 0 aliphatic heterocycles. The summed E-state index contributed by atoms with van der Waals surface area (Å²) in [6.45, 7) is 0. The highest BCUT2D eigenvalue weighted by atomic mass is 19.2. The first-order chi connectivity index (χ1) is 10.8. The molecule has 2 aromatic carbocycles. The Morgan fingerprint density at radius 2 is 1.13 bits per heavy atom. The first-order valence-electron chi connectivity index (χ1n) is 5.60. The fraction of sp³-hybridized carbons (Fsp3) is 0. The number of hydrogen-bond donors (Lipinski definition) is 0. The second-order valence-corrected chi connectivity index (χ2v) is 4.14. The molecule has 9 heteroatoms. The number of rotatable bonds is 1. The normalized spacial score (nSPS) is 10.3. The van der Waals surface area contributed by atoms with Crippen molar-refractivity contribution in [2.45, 2.75) is 0 Å². The van der Waals surface area contributed by atoms with Crippen molar-refractivity contribution in [3.05, 3.63) is 57.9 Å². The maximum Gasteiger partial charge on any atom is 0.198 e. The third-order valence-corrected chi connectivity index (χ3v) is 2.92. The van der Waals surface area contributed by atoms with E-state index < -0.39 is 63.0 Å². The molecule has 0 saturated heterocycles. The third kappa shape index (κ3) is 2.27. The molecule has 0 aromatic heterocycles. The highest BCUT2D eigenvalue weighted by Gasteiger charge is 2.30. The van der Waals surface area contributed by atoms with Crippen molar-refractivity contribution in [2.24, 2.45) is 0 Å². The number of nitrogens with zero attached hydrogens (tertiary/aromatic N) is 2. The standard InChI is InChI=1S/C14HF7N2/c15-7-1-4(10(17)14(21)12(7)19)8-9(16)5(2-22)6(3-23)11(18)13(8)20/h1H. The molecule has 0 N–H and O–H groups in total. The van der Waals surface area contributed by atoms with Crippen LogP contribution in [0.3, 0.4) is 0 Å². The lowest BCUT2D eigenvalue weighted by Crippen LogP contribution is -2.07. The molecule has 0 spiro atoms. The smallest absolute Gasteiger partial charge is 0.198 e. The van der Waals surface area contributed by atoms with Crippen LogP contribution in [0.2, 0.25) is 0 Å². The van der Waals surface area contributed by atoms with E-state index in [2.05, 4.69) is 0 Å². The van der Waals surface area contributed by atoms with Gasteiger partial charge in [0.05, 0.1) is 5.56 Å². The summed E-state index contributed by atoms with van der Waals surface area (Å²) in [5, 5.41) is 17.3. The highest BCUT2D eigenvalue weighted by molar-refractivity contribution is 5.70. The zero-order chi connectivity index (χ0) is 17.5. The van der Waals surface area contributed by atoms with Crippen molar-refractivity contribution in [3.8, 4) is 23.3 Å². The van der Waals surface area contributed by atoms with Gasteiger partial charge in [-0.05, 0) is 6.07 Å². The minimum atomic E-state index is -2.37. The van der Waals surface area contributed by atoms with E-state index in [1.807, 2.05) is 0 Å². The van der Waals surface area contributed by atoms with Crippen molar-refractivity contribution in [2.75, 3.05) is 0 Å². The summed E-state index contributed by atoms with van der Waals surface area (Å²) < 4.78 is 94.5. The molecule has 0 atom stereocenters. The Bertz CT molecular complexity index is 923. The lowest BCUT2D eigenvalue weighted by atomic mass is 9.96. The van der Waals surface area contributed by atoms with Crippen LogP contribution in [0.4, 0.5) is 30.7 Å². The van der Waals surface area contributed by atoms with Crippen molar-refractivity contribution in [1.29, 1.82) is 10.5 Å². The first kappa shape index (κ1) is 16.3. The van der Waals surface area contributed by atoms with Crippen LogP contribution in [-0.4, -0.2) is 0 Å². The van der Waals surface area contributed by atoms with E-state index >= 15 is 0 Å². The van der Waals surface area contributed by atoms with E-state index in [-0.39, 0.29) is 6.07 Å². The maximum atomic E-state index is 14.1. The zero-order valence-corrected chi connectivity index (χ0v) is 10.6. The molecule has 0 fully saturated rings. The van der Waals surface area contributed by atoms with Crippen molar-refractivity contribution >= 4 is 0 Å². The van der Waals surface area contributed by atoms with E-state index in [1.165, 1.54) is 0 Å². The van der Waals surface area contributed by atoms with Gasteiger partial charge in [-0.15, -0.1) is 0 Å². The van der Waals surface area contributed by atoms with E-state index in [1.54, 1.807) is 0 Å². The number of hydrogen-bond acceptors (Lipinski definition) is 2. The molecule has 0 amide bonds. The van der Waals surface area contributed by atoms with Crippen LogP contribution in [0.15, 0.2) is 6.07 Å². The van der Waals surface area contributed by atoms with Gasteiger partial charge in [-0.25, -0.2) is 30.7 Å². The van der Waals surface area contributed by atoms with Crippen LogP contribution in [-0.2, 0) is 0 Å². The van der Waals surface area contributed by atoms with E-state index in [0.717, 1.165) is 12.1 Å². The topological polar surface area (TPSA) is 47.6 Å². The fourth-order valence-corrected chi connectivity index (χ4v) is 1.86. The molecule has 2 rings (SSSR count). The predicted octanol–water partition coefficient (Wildman–Crippen LogP) is 4.07. The summed E-state index contributed by atoms with van der Waals surface area (Å²) in [5.41, 5.74) is -5.69. The Morgan fingerprint density at radius 3 is 1.65 bits per heavy atom. The number of benzene rings is 2. The summed E-state index contributed by atoms with van der Waals surface area (Å²) in [5.74, 6) is -14.8. The molecule has 0 aliphatic rings. The van der Waals surface area contributed by atoms with Gasteiger partial charge in [-0.2, -0.15) is 10.5 Å². The van der Waals surface area contributed by atoms with Gasteiger partial charge in [-0.3, -0.25) is 0 Å². The SMILES string of the molecule is N#Cc1c(F)c(F)c(-c2cc(F)c(F)c(F)c2F)c(F)c1C#N. The Balaban J connectivity index is 3.01. The molecule has 0 unspecified atom stereocenters. The lowest BCUT2D eigenvalue weighted by Gasteiger charge is -2.11. The van der Waals surface area contributed by atoms with Crippen LogP contribution < -0.4 is 0 Å². The molecular formula is C14HF7N2. The van der Waals surface area contributed by atoms with Crippen molar-refractivity contribution < 1.29 is 30.7 Å². The fourth-order valence-electron chi connectivity index (χ4n) is 1.86. The molecule has 0 heterocycles. The summed E-state index contributed by atoms with van der Waals surface area (Å²) in [7, 11) is 0. The highest BCUT2D eigenvalue weighted by Crippen LogP contribution is 2.35. The van der Waals surface area contributed by atoms with Crippen LogP contribution in [0.25, 0.3) is 11.1 Å². The summed E-state index contributed by atoms with van der Waals surface area (Å²) in [6, 6.07) is 2.01. The Hall–Kier alpha value is -3.07. The van der Waals surface area contributed by atoms with E-state index in [0.29, 0.717) is 0 Å². The first-order valence-corrected chi connectivity index (χ1v) is 5.60. The van der Waals surface area contributed by atoms with Gasteiger partial charge in [0, 0.05) is 5.56 Å². The van der Waals surface area contributed by atoms with E-state index in [4.69, 9.17) is 10.5 Å². The zero-order valence-electron chi connectivity index (χ0n) is 10.6. The second kappa shape index (κ2) is 5.61. The summed E-state index contributed by atoms with van der Waals surface area (Å²) >= 11 is 0. The predicted molar refractivity (Wildman–Crippen MR) is 61.0 cm³/mol. The largest absolute Gasteiger partial charge is 0.205 e. The molecule has 116 valence electrons. The third-order valence-electron chi connectivity index (χ3n) is 2.92. The van der Waals surface area contributed by atoms with Crippen LogP contribution >= 0.6 is 0 Å². The van der Waals surface area contributed by atoms with Gasteiger partial charge in [0.2, 0.25) is 0 Å². The number of nitriles is 2. The number of halogens is 7. The molecular weight excluding hydrogens is 329 g/mol. The summed E-state index contributed by atoms with van der Waals surface area (Å²) in [4.78, 5) is 0.